The molecule has 1 aromatic rings. The van der Waals surface area contributed by atoms with Gasteiger partial charge in [-0.2, -0.15) is 8.42 Å². The second-order valence-corrected chi connectivity index (χ2v) is 3.40. The molecule has 0 aliphatic heterocycles. The summed E-state index contributed by atoms with van der Waals surface area (Å²) in [5.74, 6) is 0. The summed E-state index contributed by atoms with van der Waals surface area (Å²) in [4.78, 5) is 6.25. The van der Waals surface area contributed by atoms with Crippen LogP contribution in [0, 0.1) is 0 Å². The molecule has 1 aromatic heterocycles. The van der Waals surface area contributed by atoms with Crippen molar-refractivity contribution in [3.63, 3.8) is 0 Å². The molecule has 0 fully saturated rings. The fourth-order valence-corrected chi connectivity index (χ4v) is 1.32. The van der Waals surface area contributed by atoms with Gasteiger partial charge in [0.15, 0.2) is 5.15 Å². The van der Waals surface area contributed by atoms with Crippen molar-refractivity contribution in [2.45, 2.75) is 4.90 Å². The third kappa shape index (κ3) is 3.34. The van der Waals surface area contributed by atoms with E-state index in [1.807, 2.05) is 0 Å². The molecule has 8 heteroatoms. The van der Waals surface area contributed by atoms with Gasteiger partial charge in [0.1, 0.15) is 11.2 Å². The van der Waals surface area contributed by atoms with Crippen molar-refractivity contribution in [1.29, 1.82) is 0 Å². The fraction of sp³-hybridized carbons (Fsp3) is 0. The minimum Gasteiger partial charge on any atom is -1.00 e. The smallest absolute Gasteiger partial charge is 1.00 e. The van der Waals surface area contributed by atoms with Crippen LogP contribution in [-0.2, 0) is 10.1 Å². The van der Waals surface area contributed by atoms with Crippen LogP contribution in [-0.4, -0.2) is 22.9 Å². The van der Waals surface area contributed by atoms with Crippen LogP contribution in [0.5, 0.6) is 0 Å². The SMILES string of the molecule is O=S(=O)(O)c1cncnc1Cl.[H-].[K+]. The predicted octanol–water partition coefficient (Wildman–Crippen LogP) is -2.51. The Hall–Kier alpha value is 0.916. The zero-order valence-corrected chi connectivity index (χ0v) is 10.8. The van der Waals surface area contributed by atoms with Crippen molar-refractivity contribution in [2.24, 2.45) is 0 Å². The summed E-state index contributed by atoms with van der Waals surface area (Å²) in [5.41, 5.74) is 0. The number of hydrogen-bond donors (Lipinski definition) is 1. The molecule has 0 radical (unpaired) electrons. The van der Waals surface area contributed by atoms with Crippen LogP contribution in [0.15, 0.2) is 17.4 Å². The topological polar surface area (TPSA) is 80.2 Å². The molecule has 0 unspecified atom stereocenters. The maximum Gasteiger partial charge on any atom is 1.00 e. The molecule has 0 aliphatic carbocycles. The average molecular weight is 235 g/mol. The second-order valence-electron chi connectivity index (χ2n) is 1.65. The van der Waals surface area contributed by atoms with E-state index in [9.17, 15) is 8.42 Å². The number of aromatic nitrogens is 2. The first-order valence-electron chi connectivity index (χ1n) is 2.45. The summed E-state index contributed by atoms with van der Waals surface area (Å²) in [6.45, 7) is 0. The van der Waals surface area contributed by atoms with E-state index in [2.05, 4.69) is 9.97 Å². The van der Waals surface area contributed by atoms with Crippen molar-refractivity contribution in [2.75, 3.05) is 0 Å². The zero-order valence-electron chi connectivity index (χ0n) is 7.10. The van der Waals surface area contributed by atoms with E-state index >= 15 is 0 Å². The standard InChI is InChI=1S/C4H3ClN2O3S.K.H/c5-4-3(11(8,9)10)1-6-2-7-4;;/h1-2H,(H,8,9,10);;/q;+1;-1. The summed E-state index contributed by atoms with van der Waals surface area (Å²) in [6.07, 6.45) is 2.00. The minimum absolute atomic E-state index is 0. The van der Waals surface area contributed by atoms with Crippen LogP contribution in [0.4, 0.5) is 0 Å². The Kier molecular flexibility index (Phi) is 5.34. The minimum atomic E-state index is -4.29. The first kappa shape index (κ1) is 12.9. The Bertz CT molecular complexity index is 373. The molecule has 62 valence electrons. The van der Waals surface area contributed by atoms with E-state index in [0.717, 1.165) is 12.5 Å². The molecular formula is C4H4ClKN2O3S. The third-order valence-electron chi connectivity index (χ3n) is 0.911. The van der Waals surface area contributed by atoms with E-state index in [1.165, 1.54) is 0 Å². The molecule has 1 rings (SSSR count). The summed E-state index contributed by atoms with van der Waals surface area (Å²) in [5, 5.41) is -0.289. The van der Waals surface area contributed by atoms with E-state index < -0.39 is 15.0 Å². The van der Waals surface area contributed by atoms with Gasteiger partial charge in [-0.1, -0.05) is 11.6 Å². The van der Waals surface area contributed by atoms with Crippen LogP contribution in [0.3, 0.4) is 0 Å². The van der Waals surface area contributed by atoms with Crippen LogP contribution in [0.1, 0.15) is 1.43 Å². The maximum atomic E-state index is 10.4. The predicted molar refractivity (Wildman–Crippen MR) is 38.0 cm³/mol. The molecule has 0 saturated heterocycles. The van der Waals surface area contributed by atoms with E-state index in [4.69, 9.17) is 16.2 Å². The van der Waals surface area contributed by atoms with Crippen molar-refractivity contribution < 1.29 is 65.8 Å². The van der Waals surface area contributed by atoms with Gasteiger partial charge in [0.25, 0.3) is 10.1 Å². The third-order valence-corrected chi connectivity index (χ3v) is 2.18. The van der Waals surface area contributed by atoms with Crippen LogP contribution in [0.2, 0.25) is 5.15 Å². The normalized spacial score (nSPS) is 10.5. The number of nitrogens with zero attached hydrogens (tertiary/aromatic N) is 2. The molecule has 0 spiro atoms. The first-order valence-corrected chi connectivity index (χ1v) is 4.26. The Balaban J connectivity index is 0. The number of halogens is 1. The molecular weight excluding hydrogens is 231 g/mol. The molecule has 0 aromatic carbocycles. The van der Waals surface area contributed by atoms with Gasteiger partial charge in [-0.3, -0.25) is 4.55 Å². The number of rotatable bonds is 1. The Labute approximate surface area is 118 Å². The van der Waals surface area contributed by atoms with Gasteiger partial charge in [-0.05, 0) is 0 Å². The summed E-state index contributed by atoms with van der Waals surface area (Å²) >= 11 is 5.32. The quantitative estimate of drug-likeness (QED) is 0.330. The Morgan fingerprint density at radius 2 is 2.17 bits per heavy atom. The maximum absolute atomic E-state index is 10.4. The van der Waals surface area contributed by atoms with Gasteiger partial charge in [0.2, 0.25) is 0 Å². The molecule has 0 amide bonds. The summed E-state index contributed by atoms with van der Waals surface area (Å²) < 4.78 is 29.4. The molecule has 5 nitrogen and oxygen atoms in total. The molecule has 0 atom stereocenters. The monoisotopic (exact) mass is 234 g/mol. The zero-order chi connectivity index (χ0) is 8.48. The second kappa shape index (κ2) is 4.96. The van der Waals surface area contributed by atoms with Gasteiger partial charge in [0.05, 0.1) is 6.20 Å². The fourth-order valence-electron chi connectivity index (χ4n) is 0.475. The Morgan fingerprint density at radius 1 is 1.58 bits per heavy atom. The molecule has 0 aliphatic rings. The van der Waals surface area contributed by atoms with Crippen LogP contribution >= 0.6 is 11.6 Å². The van der Waals surface area contributed by atoms with Gasteiger partial charge in [-0.25, -0.2) is 9.97 Å². The largest absolute Gasteiger partial charge is 1.00 e. The van der Waals surface area contributed by atoms with Crippen molar-refractivity contribution in [1.82, 2.24) is 9.97 Å². The Morgan fingerprint density at radius 3 is 2.50 bits per heavy atom. The first-order chi connectivity index (χ1) is 5.02. The molecule has 0 bridgehead atoms. The van der Waals surface area contributed by atoms with Gasteiger partial charge in [0, 0.05) is 0 Å². The van der Waals surface area contributed by atoms with Crippen molar-refractivity contribution >= 4 is 21.7 Å². The number of hydrogen-bond acceptors (Lipinski definition) is 4. The van der Waals surface area contributed by atoms with Crippen molar-refractivity contribution in [3.05, 3.63) is 17.7 Å². The average Bonchev–Trinajstić information content (AvgIpc) is 1.86. The summed E-state index contributed by atoms with van der Waals surface area (Å²) in [7, 11) is -4.29. The van der Waals surface area contributed by atoms with Crippen LogP contribution in [0.25, 0.3) is 0 Å². The molecule has 1 heterocycles. The molecule has 1 N–H and O–H groups in total. The summed E-state index contributed by atoms with van der Waals surface area (Å²) in [6, 6.07) is 0. The van der Waals surface area contributed by atoms with Gasteiger partial charge < -0.3 is 1.43 Å². The van der Waals surface area contributed by atoms with E-state index in [-0.39, 0.29) is 58.0 Å². The van der Waals surface area contributed by atoms with Crippen LogP contribution < -0.4 is 51.4 Å². The van der Waals surface area contributed by atoms with Gasteiger partial charge >= 0.3 is 51.4 Å². The van der Waals surface area contributed by atoms with E-state index in [0.29, 0.717) is 0 Å². The molecule has 0 saturated carbocycles. The molecule has 12 heavy (non-hydrogen) atoms. The van der Waals surface area contributed by atoms with E-state index in [1.54, 1.807) is 0 Å². The van der Waals surface area contributed by atoms with Gasteiger partial charge in [-0.15, -0.1) is 0 Å². The van der Waals surface area contributed by atoms with Crippen molar-refractivity contribution in [3.8, 4) is 0 Å².